The molecule has 5 rings (SSSR count). The molecule has 35 heavy (non-hydrogen) atoms. The Morgan fingerprint density at radius 2 is 2.00 bits per heavy atom. The quantitative estimate of drug-likeness (QED) is 0.412. The molecule has 2 fully saturated rings. The molecule has 0 atom stereocenters. The van der Waals surface area contributed by atoms with Gasteiger partial charge in [0.05, 0.1) is 19.6 Å². The topological polar surface area (TPSA) is 91.8 Å². The zero-order valence-corrected chi connectivity index (χ0v) is 21.1. The average molecular weight is 478 g/mol. The fourth-order valence-electron chi connectivity index (χ4n) is 5.51. The number of aryl methyl sites for hydroxylation is 2. The van der Waals surface area contributed by atoms with Gasteiger partial charge in [-0.3, -0.25) is 14.2 Å². The van der Waals surface area contributed by atoms with Gasteiger partial charge in [0.1, 0.15) is 6.54 Å². The fraction of sp³-hybridized carbons (Fsp3) is 0.519. The number of rotatable bonds is 9. The summed E-state index contributed by atoms with van der Waals surface area (Å²) < 4.78 is 2.53. The molecule has 186 valence electrons. The molecule has 1 aliphatic heterocycles. The average Bonchev–Trinajstić information content (AvgIpc) is 3.21. The van der Waals surface area contributed by atoms with E-state index < -0.39 is 0 Å². The lowest BCUT2D eigenvalue weighted by molar-refractivity contribution is -0.917. The molecule has 1 saturated carbocycles. The molecule has 3 aromatic rings. The minimum Gasteiger partial charge on any atom is -0.361 e. The van der Waals surface area contributed by atoms with E-state index in [1.807, 2.05) is 25.3 Å². The van der Waals surface area contributed by atoms with E-state index in [1.54, 1.807) is 6.20 Å². The van der Waals surface area contributed by atoms with Gasteiger partial charge in [0, 0.05) is 53.8 Å². The first-order valence-electron chi connectivity index (χ1n) is 12.7. The van der Waals surface area contributed by atoms with Crippen molar-refractivity contribution < 1.29 is 9.28 Å². The number of benzene rings is 1. The number of quaternary nitrogens is 1. The van der Waals surface area contributed by atoms with E-state index >= 15 is 0 Å². The van der Waals surface area contributed by atoms with Crippen molar-refractivity contribution in [2.45, 2.75) is 59.5 Å². The normalized spacial score (nSPS) is 18.0. The van der Waals surface area contributed by atoms with Crippen LogP contribution in [-0.2, 0) is 17.9 Å². The number of nitrogens with zero attached hydrogens (tertiary/aromatic N) is 3. The fourth-order valence-corrected chi connectivity index (χ4v) is 5.51. The number of aromatic amines is 1. The van der Waals surface area contributed by atoms with Crippen molar-refractivity contribution in [1.29, 1.82) is 0 Å². The maximum Gasteiger partial charge on any atom is 0.294 e. The predicted molar refractivity (Wildman–Crippen MR) is 138 cm³/mol. The van der Waals surface area contributed by atoms with Gasteiger partial charge in [-0.05, 0) is 49.9 Å². The molecular formula is C27H37N6O2+. The number of likely N-dealkylation sites (tertiary alicyclic amines) is 1. The minimum atomic E-state index is -0.237. The molecule has 3 heterocycles. The number of hydrogen-bond donors (Lipinski definition) is 3. The van der Waals surface area contributed by atoms with Crippen molar-refractivity contribution in [2.24, 2.45) is 5.41 Å². The smallest absolute Gasteiger partial charge is 0.294 e. The minimum absolute atomic E-state index is 0.0225. The molecule has 0 radical (unpaired) electrons. The largest absolute Gasteiger partial charge is 0.361 e. The predicted octanol–water partition coefficient (Wildman–Crippen LogP) is 3.44. The summed E-state index contributed by atoms with van der Waals surface area (Å²) in [4.78, 5) is 33.6. The molecule has 1 aromatic carbocycles. The number of carbonyl (C=O) groups excluding carboxylic acids is 1. The number of fused-ring (bicyclic) bond motifs is 1. The molecule has 2 aliphatic rings. The van der Waals surface area contributed by atoms with E-state index in [1.165, 1.54) is 35.8 Å². The highest BCUT2D eigenvalue weighted by Gasteiger charge is 2.47. The van der Waals surface area contributed by atoms with Gasteiger partial charge < -0.3 is 20.1 Å². The number of hydrogen-bond acceptors (Lipinski definition) is 4. The second-order valence-electron chi connectivity index (χ2n) is 11.1. The molecule has 0 spiro atoms. The first-order valence-corrected chi connectivity index (χ1v) is 12.7. The first-order chi connectivity index (χ1) is 16.8. The SMILES string of the molecule is Cc1c[nH]c2ccc(CNC(=O)Cn3c(C)cnc(NC[N+]4(CC5(C)CC5)CCCC4)c3=O)cc12. The van der Waals surface area contributed by atoms with Gasteiger partial charge in [-0.1, -0.05) is 13.0 Å². The standard InChI is InChI=1S/C27H36N6O2/c1-19-13-28-23-7-6-21(12-22(19)23)15-29-24(34)16-32-20(2)14-30-25(26(32)35)31-18-33(10-4-5-11-33)17-27(3)8-9-27/h6-7,12-14,28H,4-5,8-11,15-18H2,1-3H3,(H-,29,30,31,34)/p+1. The van der Waals surface area contributed by atoms with Gasteiger partial charge in [-0.2, -0.15) is 0 Å². The van der Waals surface area contributed by atoms with Gasteiger partial charge >= 0.3 is 0 Å². The Balaban J connectivity index is 1.23. The third-order valence-electron chi connectivity index (χ3n) is 7.92. The Bertz CT molecular complexity index is 1300. The summed E-state index contributed by atoms with van der Waals surface area (Å²) in [6, 6.07) is 6.12. The van der Waals surface area contributed by atoms with Crippen LogP contribution in [0.2, 0.25) is 0 Å². The maximum atomic E-state index is 13.2. The second-order valence-corrected chi connectivity index (χ2v) is 11.1. The van der Waals surface area contributed by atoms with Crippen LogP contribution in [0.5, 0.6) is 0 Å². The Labute approximate surface area is 206 Å². The van der Waals surface area contributed by atoms with Crippen LogP contribution in [0.25, 0.3) is 10.9 Å². The van der Waals surface area contributed by atoms with E-state index in [2.05, 4.69) is 40.5 Å². The van der Waals surface area contributed by atoms with Gasteiger partial charge in [0.15, 0.2) is 12.5 Å². The van der Waals surface area contributed by atoms with E-state index in [9.17, 15) is 9.59 Å². The van der Waals surface area contributed by atoms with Crippen molar-refractivity contribution in [2.75, 3.05) is 31.6 Å². The highest BCUT2D eigenvalue weighted by molar-refractivity contribution is 5.83. The van der Waals surface area contributed by atoms with Crippen molar-refractivity contribution in [3.63, 3.8) is 0 Å². The number of carbonyl (C=O) groups is 1. The van der Waals surface area contributed by atoms with Crippen LogP contribution in [0.3, 0.4) is 0 Å². The molecule has 1 saturated heterocycles. The van der Waals surface area contributed by atoms with E-state index in [0.717, 1.165) is 40.6 Å². The third kappa shape index (κ3) is 5.12. The zero-order chi connectivity index (χ0) is 24.6. The number of anilines is 1. The molecule has 8 nitrogen and oxygen atoms in total. The van der Waals surface area contributed by atoms with Crippen LogP contribution in [0, 0.1) is 19.3 Å². The van der Waals surface area contributed by atoms with Crippen molar-refractivity contribution in [1.82, 2.24) is 19.9 Å². The molecular weight excluding hydrogens is 440 g/mol. The molecule has 1 aliphatic carbocycles. The Morgan fingerprint density at radius 1 is 1.23 bits per heavy atom. The Hall–Kier alpha value is -3.13. The molecule has 0 unspecified atom stereocenters. The summed E-state index contributed by atoms with van der Waals surface area (Å²) in [5.74, 6) is 0.144. The lowest BCUT2D eigenvalue weighted by Gasteiger charge is -2.36. The third-order valence-corrected chi connectivity index (χ3v) is 7.92. The number of nitrogens with one attached hydrogen (secondary N) is 3. The van der Waals surface area contributed by atoms with Crippen molar-refractivity contribution in [3.8, 4) is 0 Å². The second kappa shape index (κ2) is 9.15. The first kappa shape index (κ1) is 23.6. The molecule has 8 heteroatoms. The van der Waals surface area contributed by atoms with Crippen LogP contribution in [0.1, 0.15) is 49.4 Å². The van der Waals surface area contributed by atoms with Gasteiger partial charge in [0.2, 0.25) is 5.91 Å². The summed E-state index contributed by atoms with van der Waals surface area (Å²) in [6.45, 7) is 10.8. The summed E-state index contributed by atoms with van der Waals surface area (Å²) in [5, 5.41) is 7.47. The lowest BCUT2D eigenvalue weighted by atomic mass is 10.1. The van der Waals surface area contributed by atoms with Crippen LogP contribution in [-0.4, -0.2) is 51.2 Å². The Morgan fingerprint density at radius 3 is 2.74 bits per heavy atom. The van der Waals surface area contributed by atoms with Gasteiger partial charge in [-0.25, -0.2) is 4.98 Å². The highest BCUT2D eigenvalue weighted by Crippen LogP contribution is 2.47. The van der Waals surface area contributed by atoms with Gasteiger partial charge in [0.25, 0.3) is 5.56 Å². The molecule has 3 N–H and O–H groups in total. The van der Waals surface area contributed by atoms with E-state index in [4.69, 9.17) is 0 Å². The molecule has 0 bridgehead atoms. The van der Waals surface area contributed by atoms with Crippen molar-refractivity contribution in [3.05, 3.63) is 57.8 Å². The van der Waals surface area contributed by atoms with E-state index in [0.29, 0.717) is 30.1 Å². The van der Waals surface area contributed by atoms with Crippen LogP contribution < -0.4 is 16.2 Å². The molecule has 2 aromatic heterocycles. The highest BCUT2D eigenvalue weighted by atomic mass is 16.2. The summed E-state index contributed by atoms with van der Waals surface area (Å²) in [7, 11) is 0. The summed E-state index contributed by atoms with van der Waals surface area (Å²) >= 11 is 0. The maximum absolute atomic E-state index is 13.2. The number of H-pyrrole nitrogens is 1. The number of amides is 1. The van der Waals surface area contributed by atoms with Crippen LogP contribution in [0.15, 0.2) is 35.4 Å². The lowest BCUT2D eigenvalue weighted by Crippen LogP contribution is -2.52. The van der Waals surface area contributed by atoms with Crippen LogP contribution in [0.4, 0.5) is 5.82 Å². The number of aromatic nitrogens is 3. The summed E-state index contributed by atoms with van der Waals surface area (Å²) in [5.41, 5.74) is 4.18. The van der Waals surface area contributed by atoms with Crippen molar-refractivity contribution >= 4 is 22.6 Å². The summed E-state index contributed by atoms with van der Waals surface area (Å²) in [6.07, 6.45) is 8.74. The van der Waals surface area contributed by atoms with E-state index in [-0.39, 0.29) is 18.0 Å². The van der Waals surface area contributed by atoms with Gasteiger partial charge in [-0.15, -0.1) is 0 Å². The monoisotopic (exact) mass is 477 g/mol. The molecule has 1 amide bonds. The zero-order valence-electron chi connectivity index (χ0n) is 21.1. The Kier molecular flexibility index (Phi) is 6.17. The van der Waals surface area contributed by atoms with Crippen LogP contribution >= 0.6 is 0 Å².